The monoisotopic (exact) mass is 876 g/mol. The van der Waals surface area contributed by atoms with E-state index in [0.29, 0.717) is 22.8 Å². The average Bonchev–Trinajstić information content (AvgIpc) is 2.92. The van der Waals surface area contributed by atoms with Crippen molar-refractivity contribution >= 4 is 23.9 Å². The Morgan fingerprint density at radius 1 is 0.463 bits per heavy atom. The molecule has 3 rings (SSSR count). The third-order valence-corrected chi connectivity index (χ3v) is 6.14. The van der Waals surface area contributed by atoms with Crippen LogP contribution in [0, 0.1) is 23.7 Å². The van der Waals surface area contributed by atoms with E-state index in [1.54, 1.807) is 36.4 Å². The first kappa shape index (κ1) is 68.1. The molecule has 0 fully saturated rings. The Morgan fingerprint density at radius 3 is 0.815 bits per heavy atom. The quantitative estimate of drug-likeness (QED) is 0.135. The van der Waals surface area contributed by atoms with Crippen molar-refractivity contribution in [3.63, 3.8) is 0 Å². The number of nitrogens with zero attached hydrogens (tertiary/aromatic N) is 6. The zero-order valence-electron chi connectivity index (χ0n) is 29.5. The Morgan fingerprint density at radius 2 is 0.648 bits per heavy atom. The van der Waals surface area contributed by atoms with Crippen LogP contribution in [0.2, 0.25) is 0 Å². The SMILES string of the molecule is O.O.O.O.O.O.O=C([O-])CN1CC#CCN(CC(=O)[O-])Cc2cccc(n2)CN(CC(=O)[O-])CC#CCN(CC(=O)[O-])Cc2cccc(n2)C1.[OH3+].[OH3+].[Zn+2].[Zn+2]. The third kappa shape index (κ3) is 27.6. The molecule has 0 amide bonds. The molecule has 4 bridgehead atoms. The van der Waals surface area contributed by atoms with Crippen LogP contribution in [0.1, 0.15) is 22.8 Å². The second-order valence-corrected chi connectivity index (χ2v) is 10.0. The summed E-state index contributed by atoms with van der Waals surface area (Å²) in [4.78, 5) is 60.6. The van der Waals surface area contributed by atoms with E-state index < -0.39 is 50.1 Å². The molecule has 54 heavy (non-hydrogen) atoms. The van der Waals surface area contributed by atoms with Crippen molar-refractivity contribution in [3.05, 3.63) is 59.2 Å². The van der Waals surface area contributed by atoms with Crippen molar-refractivity contribution in [2.75, 3.05) is 52.4 Å². The molecule has 0 radical (unpaired) electrons. The molecule has 2 aromatic heterocycles. The topological polar surface area (TPSA) is 454 Å². The summed E-state index contributed by atoms with van der Waals surface area (Å²) in [6, 6.07) is 10.2. The smallest absolute Gasteiger partial charge is 0.549 e. The maximum atomic E-state index is 11.4. The van der Waals surface area contributed by atoms with Gasteiger partial charge in [0.2, 0.25) is 0 Å². The van der Waals surface area contributed by atoms with E-state index in [1.807, 2.05) is 0 Å². The number of aromatic nitrogens is 2. The molecule has 0 aliphatic carbocycles. The molecule has 0 spiro atoms. The van der Waals surface area contributed by atoms with Crippen LogP contribution < -0.4 is 20.4 Å². The summed E-state index contributed by atoms with van der Waals surface area (Å²) >= 11 is 0. The molecule has 0 aromatic carbocycles. The van der Waals surface area contributed by atoms with Gasteiger partial charge >= 0.3 is 39.0 Å². The van der Waals surface area contributed by atoms with Crippen LogP contribution in [0.3, 0.4) is 0 Å². The van der Waals surface area contributed by atoms with E-state index in [0.717, 1.165) is 0 Å². The van der Waals surface area contributed by atoms with Crippen LogP contribution in [0.4, 0.5) is 0 Å². The number of carbonyl (C=O) groups excluding carboxylic acids is 4. The fraction of sp³-hybridized carbons (Fsp3) is 0.400. The maximum absolute atomic E-state index is 11.4. The van der Waals surface area contributed by atoms with Gasteiger partial charge in [0.15, 0.2) is 0 Å². The van der Waals surface area contributed by atoms with E-state index in [-0.39, 0.29) is 135 Å². The summed E-state index contributed by atoms with van der Waals surface area (Å²) < 4.78 is 0. The van der Waals surface area contributed by atoms with Crippen molar-refractivity contribution in [1.29, 1.82) is 0 Å². The van der Waals surface area contributed by atoms with Gasteiger partial charge in [-0.2, -0.15) is 0 Å². The second kappa shape index (κ2) is 36.1. The Balaban J connectivity index is -0.000000353. The van der Waals surface area contributed by atoms with Gasteiger partial charge in [-0.15, -0.1) is 0 Å². The van der Waals surface area contributed by atoms with Gasteiger partial charge in [-0.05, 0) is 24.3 Å². The van der Waals surface area contributed by atoms with Gasteiger partial charge in [0.05, 0.1) is 72.8 Å². The number of pyridine rings is 2. The van der Waals surface area contributed by atoms with Gasteiger partial charge < -0.3 is 83.4 Å². The molecule has 0 unspecified atom stereocenters. The molecule has 3 heterocycles. The first-order chi connectivity index (χ1) is 21.0. The van der Waals surface area contributed by atoms with E-state index in [9.17, 15) is 39.6 Å². The van der Waals surface area contributed by atoms with E-state index in [2.05, 4.69) is 33.6 Å². The molecule has 0 atom stereocenters. The normalized spacial score (nSPS) is 13.2. The van der Waals surface area contributed by atoms with Gasteiger partial charge in [-0.1, -0.05) is 35.8 Å². The summed E-state index contributed by atoms with van der Waals surface area (Å²) in [6.45, 7) is -1.22. The van der Waals surface area contributed by atoms with E-state index >= 15 is 0 Å². The summed E-state index contributed by atoms with van der Waals surface area (Å²) in [5, 5.41) is 45.5. The molecule has 22 nitrogen and oxygen atoms in total. The van der Waals surface area contributed by atoms with Gasteiger partial charge in [0.1, 0.15) is 0 Å². The molecule has 1 aliphatic rings. The zero-order chi connectivity index (χ0) is 31.9. The first-order valence-electron chi connectivity index (χ1n) is 13.6. The van der Waals surface area contributed by atoms with Crippen LogP contribution in [0.5, 0.6) is 0 Å². The van der Waals surface area contributed by atoms with Crippen molar-refractivity contribution in [2.24, 2.45) is 0 Å². The van der Waals surface area contributed by atoms with Crippen molar-refractivity contribution in [1.82, 2.24) is 29.6 Å². The maximum Gasteiger partial charge on any atom is 2.00 e. The number of rotatable bonds is 8. The molecule has 0 saturated carbocycles. The summed E-state index contributed by atoms with van der Waals surface area (Å²) in [5.41, 5.74) is 2.04. The molecule has 0 saturated heterocycles. The number of carbonyl (C=O) groups is 4. The molecule has 2 aromatic rings. The van der Waals surface area contributed by atoms with Gasteiger partial charge in [-0.25, -0.2) is 0 Å². The van der Waals surface area contributed by atoms with Crippen LogP contribution in [-0.4, -0.2) is 139 Å². The fourth-order valence-electron chi connectivity index (χ4n) is 4.40. The zero-order valence-corrected chi connectivity index (χ0v) is 35.4. The van der Waals surface area contributed by atoms with Crippen LogP contribution >= 0.6 is 0 Å². The average molecular weight is 880 g/mol. The Hall–Kier alpha value is -3.93. The first-order valence-corrected chi connectivity index (χ1v) is 13.6. The second-order valence-electron chi connectivity index (χ2n) is 10.0. The molecule has 24 heteroatoms. The number of hydrogen-bond acceptors (Lipinski definition) is 14. The number of carboxylic acid groups (broad SMARTS) is 4. The van der Waals surface area contributed by atoms with Crippen molar-refractivity contribution in [2.45, 2.75) is 26.2 Å². The third-order valence-electron chi connectivity index (χ3n) is 6.14. The fourth-order valence-corrected chi connectivity index (χ4v) is 4.40. The predicted molar refractivity (Wildman–Crippen MR) is 177 cm³/mol. The number of hydrogen-bond donors (Lipinski definition) is 0. The van der Waals surface area contributed by atoms with E-state index in [1.165, 1.54) is 19.6 Å². The summed E-state index contributed by atoms with van der Waals surface area (Å²) in [6.07, 6.45) is 0. The molecule has 18 N–H and O–H groups in total. The number of fused-ring (bicyclic) bond motifs is 4. The number of carboxylic acids is 4. The Kier molecular flexibility index (Phi) is 45.5. The van der Waals surface area contributed by atoms with Gasteiger partial charge in [-0.3, -0.25) is 29.6 Å². The minimum atomic E-state index is -1.31. The van der Waals surface area contributed by atoms with Crippen LogP contribution in [0.15, 0.2) is 36.4 Å². The molecular weight excluding hydrogens is 831 g/mol. The van der Waals surface area contributed by atoms with Crippen molar-refractivity contribution in [3.8, 4) is 23.7 Å². The van der Waals surface area contributed by atoms with Crippen LogP contribution in [-0.2, 0) is 95.3 Å². The minimum Gasteiger partial charge on any atom is -0.549 e. The minimum absolute atomic E-state index is 0. The standard InChI is InChI=1S/C30H34N6O8.8H2O.2Zn/c37-27(38)19-33-11-1-2-12-34(20-28(39)40)16-24-8-6-10-26(32-24)18-36(22-30(43)44)14-4-3-13-35(21-29(41)42)17-25-9-5-7-23(15-33)31-25;;;;;;;;;;/h5-10H,11-22H2,(H,37,38)(H,39,40)(H,41,42)(H,43,44);8*1H2;;/q;;;;;;;;;2*+2/p-2. The largest absolute Gasteiger partial charge is 2.00 e. The van der Waals surface area contributed by atoms with Gasteiger partial charge in [0.25, 0.3) is 0 Å². The van der Waals surface area contributed by atoms with Crippen LogP contribution in [0.25, 0.3) is 0 Å². The van der Waals surface area contributed by atoms with Crippen molar-refractivity contribution < 1.29 is 122 Å². The molecule has 296 valence electrons. The molecular formula is C30H48N6O16Zn2+2. The molecule has 1 aliphatic heterocycles. The summed E-state index contributed by atoms with van der Waals surface area (Å²) in [7, 11) is 0. The van der Waals surface area contributed by atoms with E-state index in [4.69, 9.17) is 0 Å². The predicted octanol–water partition coefficient (Wildman–Crippen LogP) is -12.4. The number of aliphatic carboxylic acids is 4. The Bertz CT molecular complexity index is 1280. The Labute approximate surface area is 336 Å². The van der Waals surface area contributed by atoms with Gasteiger partial charge in [0, 0.05) is 52.4 Å². The summed E-state index contributed by atoms with van der Waals surface area (Å²) in [5.74, 6) is 6.21.